The average molecular weight is 92.1 g/mol. The summed E-state index contributed by atoms with van der Waals surface area (Å²) in [4.78, 5) is 9.45. The number of carboxylic acids is 1. The summed E-state index contributed by atoms with van der Waals surface area (Å²) in [6.07, 6.45) is -1.23. The third kappa shape index (κ3) is 1.72. The van der Waals surface area contributed by atoms with Crippen LogP contribution >= 0.6 is 0 Å². The summed E-state index contributed by atoms with van der Waals surface area (Å²) in [7, 11) is 0. The number of carboxylic acid groups (broad SMARTS) is 1. The first-order chi connectivity index (χ1) is 2.64. The Hall–Kier alpha value is -0.570. The summed E-state index contributed by atoms with van der Waals surface area (Å²) in [5.41, 5.74) is 0. The Bertz CT molecular complexity index is 57.1. The van der Waals surface area contributed by atoms with Crippen LogP contribution in [0.5, 0.6) is 0 Å². The Morgan fingerprint density at radius 1 is 1.83 bits per heavy atom. The van der Waals surface area contributed by atoms with E-state index in [0.29, 0.717) is 0 Å². The molecule has 1 atom stereocenters. The molecule has 6 heavy (non-hydrogen) atoms. The molecule has 3 nitrogen and oxygen atoms in total. The van der Waals surface area contributed by atoms with E-state index in [9.17, 15) is 4.79 Å². The monoisotopic (exact) mass is 92.0 g/mol. The molecule has 0 saturated heterocycles. The molecule has 0 amide bonds. The maximum absolute atomic E-state index is 9.45. The molecule has 1 unspecified atom stereocenters. The van der Waals surface area contributed by atoms with Gasteiger partial charge in [0.25, 0.3) is 0 Å². The van der Waals surface area contributed by atoms with Crippen molar-refractivity contribution in [3.63, 3.8) is 0 Å². The molecule has 0 rings (SSSR count). The Morgan fingerprint density at radius 3 is 2.00 bits per heavy atom. The number of aliphatic carboxylic acids is 1. The van der Waals surface area contributed by atoms with Crippen LogP contribution in [0.1, 0.15) is 6.92 Å². The Labute approximate surface area is 35.2 Å². The van der Waals surface area contributed by atoms with Crippen LogP contribution in [-0.2, 0) is 4.79 Å². The normalized spacial score (nSPS) is 13.7. The molecule has 0 bridgehead atoms. The molecule has 0 aromatic rings. The van der Waals surface area contributed by atoms with Gasteiger partial charge in [-0.1, -0.05) is 0 Å². The van der Waals surface area contributed by atoms with Crippen LogP contribution in [-0.4, -0.2) is 22.3 Å². The fraction of sp³-hybridized carbons (Fsp3) is 0.667. The van der Waals surface area contributed by atoms with Gasteiger partial charge in [-0.2, -0.15) is 0 Å². The SMILES string of the molecule is C[13CH](O)[13C](=O)O. The lowest BCUT2D eigenvalue weighted by Crippen LogP contribution is -2.13. The highest BCUT2D eigenvalue weighted by molar-refractivity contribution is 5.71. The maximum atomic E-state index is 9.45. The molecule has 0 spiro atoms. The number of hydrogen-bond donors (Lipinski definition) is 2. The van der Waals surface area contributed by atoms with Gasteiger partial charge in [0.2, 0.25) is 0 Å². The lowest BCUT2D eigenvalue weighted by molar-refractivity contribution is -0.145. The van der Waals surface area contributed by atoms with E-state index in [2.05, 4.69) is 0 Å². The van der Waals surface area contributed by atoms with E-state index in [1.807, 2.05) is 0 Å². The van der Waals surface area contributed by atoms with Gasteiger partial charge in [-0.3, -0.25) is 0 Å². The lowest BCUT2D eigenvalue weighted by atomic mass is 11.1. The van der Waals surface area contributed by atoms with Gasteiger partial charge in [0, 0.05) is 0 Å². The van der Waals surface area contributed by atoms with Crippen molar-refractivity contribution in [1.82, 2.24) is 0 Å². The van der Waals surface area contributed by atoms with Gasteiger partial charge in [-0.25, -0.2) is 4.79 Å². The zero-order valence-corrected chi connectivity index (χ0v) is 3.38. The molecule has 0 fully saturated rings. The van der Waals surface area contributed by atoms with E-state index < -0.39 is 12.1 Å². The molecular weight excluding hydrogens is 86.0 g/mol. The molecule has 2 N–H and O–H groups in total. The number of aliphatic hydroxyl groups is 1. The molecule has 0 aliphatic heterocycles. The van der Waals surface area contributed by atoms with Gasteiger partial charge in [-0.05, 0) is 6.92 Å². The minimum absolute atomic E-state index is 1.19. The molecule has 0 aliphatic rings. The first kappa shape index (κ1) is 5.43. The highest BCUT2D eigenvalue weighted by atomic mass is 16.5. The molecular formula is C3H6O3. The summed E-state index contributed by atoms with van der Waals surface area (Å²) < 4.78 is 0. The van der Waals surface area contributed by atoms with Crippen LogP contribution in [0.2, 0.25) is 0 Å². The molecule has 0 heterocycles. The van der Waals surface area contributed by atoms with Crippen LogP contribution < -0.4 is 0 Å². The van der Waals surface area contributed by atoms with E-state index in [1.165, 1.54) is 6.92 Å². The maximum Gasteiger partial charge on any atom is 0.332 e. The van der Waals surface area contributed by atoms with Crippen molar-refractivity contribution in [2.24, 2.45) is 0 Å². The van der Waals surface area contributed by atoms with E-state index in [-0.39, 0.29) is 0 Å². The van der Waals surface area contributed by atoms with Crippen molar-refractivity contribution in [1.29, 1.82) is 0 Å². The summed E-state index contributed by atoms with van der Waals surface area (Å²) in [6.45, 7) is 1.20. The zero-order chi connectivity index (χ0) is 5.15. The first-order valence-corrected chi connectivity index (χ1v) is 1.55. The topological polar surface area (TPSA) is 57.5 Å². The average Bonchev–Trinajstić information content (AvgIpc) is 1.36. The lowest BCUT2D eigenvalue weighted by Gasteiger charge is -1.89. The van der Waals surface area contributed by atoms with Crippen LogP contribution in [0.4, 0.5) is 0 Å². The predicted molar refractivity (Wildman–Crippen MR) is 19.3 cm³/mol. The van der Waals surface area contributed by atoms with Crippen molar-refractivity contribution in [3.8, 4) is 0 Å². The number of carbonyl (C=O) groups is 1. The predicted octanol–water partition coefficient (Wildman–Crippen LogP) is -0.548. The fourth-order valence-corrected chi connectivity index (χ4v) is 0. The summed E-state index contributed by atoms with van der Waals surface area (Å²) in [5.74, 6) is -1.19. The Balaban J connectivity index is 3.26. The largest absolute Gasteiger partial charge is 0.479 e. The van der Waals surface area contributed by atoms with Crippen molar-refractivity contribution in [2.45, 2.75) is 13.0 Å². The van der Waals surface area contributed by atoms with Gasteiger partial charge < -0.3 is 10.2 Å². The molecule has 0 aromatic heterocycles. The van der Waals surface area contributed by atoms with Crippen LogP contribution in [0.25, 0.3) is 0 Å². The van der Waals surface area contributed by atoms with Crippen molar-refractivity contribution >= 4 is 5.97 Å². The smallest absolute Gasteiger partial charge is 0.332 e. The number of hydrogen-bond acceptors (Lipinski definition) is 2. The van der Waals surface area contributed by atoms with Crippen molar-refractivity contribution in [2.75, 3.05) is 0 Å². The summed E-state index contributed by atoms with van der Waals surface area (Å²) >= 11 is 0. The summed E-state index contributed by atoms with van der Waals surface area (Å²) in [5, 5.41) is 15.8. The van der Waals surface area contributed by atoms with Crippen LogP contribution in [0.15, 0.2) is 0 Å². The van der Waals surface area contributed by atoms with Crippen molar-refractivity contribution in [3.05, 3.63) is 0 Å². The second-order valence-corrected chi connectivity index (χ2v) is 1.01. The van der Waals surface area contributed by atoms with Crippen LogP contribution in [0.3, 0.4) is 0 Å². The number of rotatable bonds is 1. The molecule has 0 saturated carbocycles. The first-order valence-electron chi connectivity index (χ1n) is 1.55. The second-order valence-electron chi connectivity index (χ2n) is 1.01. The van der Waals surface area contributed by atoms with Crippen molar-refractivity contribution < 1.29 is 15.0 Å². The van der Waals surface area contributed by atoms with E-state index in [4.69, 9.17) is 10.2 Å². The minimum Gasteiger partial charge on any atom is -0.479 e. The molecule has 0 aliphatic carbocycles. The highest BCUT2D eigenvalue weighted by Gasteiger charge is 2.01. The number of aliphatic hydroxyl groups excluding tert-OH is 1. The third-order valence-electron chi connectivity index (χ3n) is 0.357. The van der Waals surface area contributed by atoms with E-state index >= 15 is 0 Å². The van der Waals surface area contributed by atoms with Gasteiger partial charge in [-0.15, -0.1) is 0 Å². The standard InChI is InChI=1S/C3H6O3/c1-2(4)3(5)6/h2,4H,1H3,(H,5,6)/i2+1,3+1. The van der Waals surface area contributed by atoms with Gasteiger partial charge in [0.05, 0.1) is 0 Å². The van der Waals surface area contributed by atoms with Crippen LogP contribution in [0, 0.1) is 0 Å². The van der Waals surface area contributed by atoms with Gasteiger partial charge in [0.1, 0.15) is 6.10 Å². The van der Waals surface area contributed by atoms with Gasteiger partial charge in [0.15, 0.2) is 0 Å². The van der Waals surface area contributed by atoms with E-state index in [0.717, 1.165) is 0 Å². The Morgan fingerprint density at radius 2 is 2.00 bits per heavy atom. The molecule has 3 heteroatoms. The molecule has 0 radical (unpaired) electrons. The molecule has 36 valence electrons. The third-order valence-corrected chi connectivity index (χ3v) is 0.357. The quantitative estimate of drug-likeness (QED) is 0.427. The molecule has 0 aromatic carbocycles. The zero-order valence-electron chi connectivity index (χ0n) is 3.38. The highest BCUT2D eigenvalue weighted by Crippen LogP contribution is 1.73. The fourth-order valence-electron chi connectivity index (χ4n) is 0. The van der Waals surface area contributed by atoms with E-state index in [1.54, 1.807) is 0 Å². The Kier molecular flexibility index (Phi) is 1.60. The summed E-state index contributed by atoms with van der Waals surface area (Å²) in [6, 6.07) is 0. The second kappa shape index (κ2) is 1.77. The van der Waals surface area contributed by atoms with Gasteiger partial charge >= 0.3 is 5.97 Å². The minimum atomic E-state index is -1.23.